The molecule has 1 rings (SSSR count). The van der Waals surface area contributed by atoms with Crippen molar-refractivity contribution in [3.63, 3.8) is 0 Å². The molecule has 2 amide bonds. The molecule has 22 heavy (non-hydrogen) atoms. The summed E-state index contributed by atoms with van der Waals surface area (Å²) in [6.45, 7) is 1.46. The summed E-state index contributed by atoms with van der Waals surface area (Å²) < 4.78 is 38.0. The van der Waals surface area contributed by atoms with Crippen molar-refractivity contribution in [1.82, 2.24) is 10.6 Å². The number of benzene rings is 1. The molecule has 2 unspecified atom stereocenters. The number of rotatable bonds is 6. The van der Waals surface area contributed by atoms with E-state index in [0.717, 1.165) is 0 Å². The van der Waals surface area contributed by atoms with Gasteiger partial charge in [-0.2, -0.15) is 13.2 Å². The maximum Gasteiger partial charge on any atom is 0.391 e. The molecule has 124 valence electrons. The Labute approximate surface area is 131 Å². The van der Waals surface area contributed by atoms with Gasteiger partial charge in [-0.3, -0.25) is 0 Å². The molecule has 0 aliphatic carbocycles. The summed E-state index contributed by atoms with van der Waals surface area (Å²) in [5, 5.41) is 14.1. The minimum Gasteiger partial charge on any atom is -0.394 e. The van der Waals surface area contributed by atoms with E-state index in [-0.39, 0.29) is 6.61 Å². The van der Waals surface area contributed by atoms with Crippen molar-refractivity contribution < 1.29 is 23.1 Å². The number of aliphatic hydroxyl groups excluding tert-OH is 1. The fourth-order valence-electron chi connectivity index (χ4n) is 1.84. The molecule has 0 radical (unpaired) electrons. The first-order chi connectivity index (χ1) is 10.2. The predicted octanol–water partition coefficient (Wildman–Crippen LogP) is 3.40. The average molecular weight is 339 g/mol. The van der Waals surface area contributed by atoms with Gasteiger partial charge < -0.3 is 15.7 Å². The van der Waals surface area contributed by atoms with Crippen LogP contribution in [-0.2, 0) is 0 Å². The number of alkyl halides is 3. The van der Waals surface area contributed by atoms with Crippen molar-refractivity contribution in [2.75, 3.05) is 6.61 Å². The Morgan fingerprint density at radius 1 is 1.27 bits per heavy atom. The van der Waals surface area contributed by atoms with Gasteiger partial charge in [0.1, 0.15) is 0 Å². The second kappa shape index (κ2) is 8.24. The summed E-state index contributed by atoms with van der Waals surface area (Å²) in [5.74, 6) is 0. The Morgan fingerprint density at radius 3 is 2.32 bits per heavy atom. The highest BCUT2D eigenvalue weighted by molar-refractivity contribution is 6.30. The molecule has 0 spiro atoms. The van der Waals surface area contributed by atoms with E-state index in [0.29, 0.717) is 17.0 Å². The highest BCUT2D eigenvalue weighted by atomic mass is 35.5. The largest absolute Gasteiger partial charge is 0.394 e. The zero-order valence-electron chi connectivity index (χ0n) is 12.0. The second-order valence-electron chi connectivity index (χ2n) is 4.83. The van der Waals surface area contributed by atoms with Gasteiger partial charge in [0.05, 0.1) is 25.1 Å². The Balaban J connectivity index is 2.82. The standard InChI is InChI=1S/C14H18ClF3N2O2/c1-2-11(8-21)19-13(22)20-12(7-14(16,17)18)9-3-5-10(15)6-4-9/h3-6,11-12,21H,2,7-8H2,1H3,(H2,19,20,22). The van der Waals surface area contributed by atoms with Crippen LogP contribution in [0.1, 0.15) is 31.4 Å². The van der Waals surface area contributed by atoms with E-state index in [1.807, 2.05) is 0 Å². The van der Waals surface area contributed by atoms with Gasteiger partial charge in [0.25, 0.3) is 0 Å². The van der Waals surface area contributed by atoms with Crippen LogP contribution >= 0.6 is 11.6 Å². The molecular formula is C14H18ClF3N2O2. The number of carbonyl (C=O) groups excluding carboxylic acids is 1. The Bertz CT molecular complexity index is 476. The number of hydrogen-bond acceptors (Lipinski definition) is 2. The van der Waals surface area contributed by atoms with Crippen LogP contribution in [0.2, 0.25) is 5.02 Å². The summed E-state index contributed by atoms with van der Waals surface area (Å²) in [7, 11) is 0. The quantitative estimate of drug-likeness (QED) is 0.744. The summed E-state index contributed by atoms with van der Waals surface area (Å²) in [4.78, 5) is 11.8. The van der Waals surface area contributed by atoms with Gasteiger partial charge in [-0.25, -0.2) is 4.79 Å². The maximum atomic E-state index is 12.7. The average Bonchev–Trinajstić information content (AvgIpc) is 2.43. The van der Waals surface area contributed by atoms with Gasteiger partial charge >= 0.3 is 12.2 Å². The lowest BCUT2D eigenvalue weighted by molar-refractivity contribution is -0.139. The van der Waals surface area contributed by atoms with Crippen LogP contribution in [-0.4, -0.2) is 30.0 Å². The molecule has 1 aromatic carbocycles. The number of hydrogen-bond donors (Lipinski definition) is 3. The number of nitrogens with one attached hydrogen (secondary N) is 2. The van der Waals surface area contributed by atoms with Gasteiger partial charge in [-0.1, -0.05) is 30.7 Å². The van der Waals surface area contributed by atoms with E-state index < -0.39 is 30.7 Å². The lowest BCUT2D eigenvalue weighted by Gasteiger charge is -2.23. The Morgan fingerprint density at radius 2 is 1.86 bits per heavy atom. The number of urea groups is 1. The smallest absolute Gasteiger partial charge is 0.391 e. The molecule has 0 bridgehead atoms. The van der Waals surface area contributed by atoms with Crippen LogP contribution in [0.25, 0.3) is 0 Å². The van der Waals surface area contributed by atoms with Crippen molar-refractivity contribution in [3.05, 3.63) is 34.9 Å². The molecule has 2 atom stereocenters. The third kappa shape index (κ3) is 6.53. The van der Waals surface area contributed by atoms with Gasteiger partial charge in [-0.15, -0.1) is 0 Å². The fraction of sp³-hybridized carbons (Fsp3) is 0.500. The number of halogens is 4. The third-order valence-corrected chi connectivity index (χ3v) is 3.31. The van der Waals surface area contributed by atoms with Crippen molar-refractivity contribution >= 4 is 17.6 Å². The van der Waals surface area contributed by atoms with Crippen molar-refractivity contribution in [1.29, 1.82) is 0 Å². The zero-order chi connectivity index (χ0) is 16.8. The highest BCUT2D eigenvalue weighted by Gasteiger charge is 2.33. The Hall–Kier alpha value is -1.47. The Kier molecular flexibility index (Phi) is 6.96. The van der Waals surface area contributed by atoms with Crippen LogP contribution in [0.15, 0.2) is 24.3 Å². The minimum absolute atomic E-state index is 0.283. The molecule has 4 nitrogen and oxygen atoms in total. The molecule has 1 aromatic rings. The first kappa shape index (κ1) is 18.6. The van der Waals surface area contributed by atoms with Gasteiger partial charge in [0, 0.05) is 5.02 Å². The van der Waals surface area contributed by atoms with Gasteiger partial charge in [0.15, 0.2) is 0 Å². The summed E-state index contributed by atoms with van der Waals surface area (Å²) in [6, 6.07) is 3.30. The van der Waals surface area contributed by atoms with Crippen LogP contribution < -0.4 is 10.6 Å². The van der Waals surface area contributed by atoms with Gasteiger partial charge in [-0.05, 0) is 24.1 Å². The third-order valence-electron chi connectivity index (χ3n) is 3.06. The first-order valence-corrected chi connectivity index (χ1v) is 7.13. The molecule has 0 saturated carbocycles. The van der Waals surface area contributed by atoms with E-state index in [2.05, 4.69) is 10.6 Å². The van der Waals surface area contributed by atoms with Crippen molar-refractivity contribution in [3.8, 4) is 0 Å². The topological polar surface area (TPSA) is 61.4 Å². The van der Waals surface area contributed by atoms with E-state index in [1.165, 1.54) is 24.3 Å². The SMILES string of the molecule is CCC(CO)NC(=O)NC(CC(F)(F)F)c1ccc(Cl)cc1. The van der Waals surface area contributed by atoms with Gasteiger partial charge in [0.2, 0.25) is 0 Å². The molecule has 3 N–H and O–H groups in total. The normalized spacial score (nSPS) is 14.3. The van der Waals surface area contributed by atoms with Crippen LogP contribution in [0.5, 0.6) is 0 Å². The number of amides is 2. The molecule has 8 heteroatoms. The molecule has 0 fully saturated rings. The minimum atomic E-state index is -4.43. The molecule has 0 aromatic heterocycles. The maximum absolute atomic E-state index is 12.7. The summed E-state index contributed by atoms with van der Waals surface area (Å²) in [6.07, 6.45) is -5.16. The molecule has 0 heterocycles. The van der Waals surface area contributed by atoms with E-state index >= 15 is 0 Å². The van der Waals surface area contributed by atoms with Crippen LogP contribution in [0.4, 0.5) is 18.0 Å². The summed E-state index contributed by atoms with van der Waals surface area (Å²) >= 11 is 5.71. The fourth-order valence-corrected chi connectivity index (χ4v) is 1.97. The number of carbonyl (C=O) groups is 1. The molecule has 0 saturated heterocycles. The van der Waals surface area contributed by atoms with Crippen LogP contribution in [0.3, 0.4) is 0 Å². The molecular weight excluding hydrogens is 321 g/mol. The highest BCUT2D eigenvalue weighted by Crippen LogP contribution is 2.30. The lowest BCUT2D eigenvalue weighted by atomic mass is 10.0. The lowest BCUT2D eigenvalue weighted by Crippen LogP contribution is -2.45. The van der Waals surface area contributed by atoms with Crippen molar-refractivity contribution in [2.24, 2.45) is 0 Å². The monoisotopic (exact) mass is 338 g/mol. The summed E-state index contributed by atoms with van der Waals surface area (Å²) in [5.41, 5.74) is 0.300. The number of aliphatic hydroxyl groups is 1. The zero-order valence-corrected chi connectivity index (χ0v) is 12.7. The van der Waals surface area contributed by atoms with Crippen molar-refractivity contribution in [2.45, 2.75) is 38.0 Å². The first-order valence-electron chi connectivity index (χ1n) is 6.75. The molecule has 0 aliphatic rings. The van der Waals surface area contributed by atoms with E-state index in [1.54, 1.807) is 6.92 Å². The van der Waals surface area contributed by atoms with E-state index in [4.69, 9.17) is 16.7 Å². The van der Waals surface area contributed by atoms with E-state index in [9.17, 15) is 18.0 Å². The van der Waals surface area contributed by atoms with Crippen LogP contribution in [0, 0.1) is 0 Å². The predicted molar refractivity (Wildman–Crippen MR) is 77.7 cm³/mol. The molecule has 0 aliphatic heterocycles. The second-order valence-corrected chi connectivity index (χ2v) is 5.27.